The van der Waals surface area contributed by atoms with Gasteiger partial charge in [-0.05, 0) is 29.7 Å². The van der Waals surface area contributed by atoms with E-state index in [4.69, 9.17) is 12.2 Å². The highest BCUT2D eigenvalue weighted by molar-refractivity contribution is 7.80. The van der Waals surface area contributed by atoms with Crippen LogP contribution in [0, 0.1) is 10.1 Å². The number of non-ortho nitro benzene ring substituents is 1. The fourth-order valence-electron chi connectivity index (χ4n) is 1.47. The van der Waals surface area contributed by atoms with Gasteiger partial charge in [-0.25, -0.2) is 0 Å². The van der Waals surface area contributed by atoms with Crippen LogP contribution in [0.15, 0.2) is 35.7 Å². The van der Waals surface area contributed by atoms with Crippen molar-refractivity contribution in [2.75, 3.05) is 5.32 Å². The van der Waals surface area contributed by atoms with E-state index in [0.717, 1.165) is 6.07 Å². The first-order chi connectivity index (χ1) is 9.97. The zero-order valence-electron chi connectivity index (χ0n) is 10.4. The molecule has 0 atom stereocenters. The van der Waals surface area contributed by atoms with E-state index in [1.807, 2.05) is 0 Å². The van der Waals surface area contributed by atoms with E-state index in [1.54, 1.807) is 17.5 Å². The van der Waals surface area contributed by atoms with Gasteiger partial charge in [0.2, 0.25) is 0 Å². The Morgan fingerprint density at radius 2 is 2.14 bits per heavy atom. The van der Waals surface area contributed by atoms with Crippen LogP contribution in [-0.4, -0.2) is 21.0 Å². The van der Waals surface area contributed by atoms with Crippen molar-refractivity contribution in [2.45, 2.75) is 0 Å². The number of aromatic hydroxyl groups is 1. The molecule has 0 aliphatic carbocycles. The van der Waals surface area contributed by atoms with Gasteiger partial charge in [-0.1, -0.05) is 6.07 Å². The number of phenols is 1. The van der Waals surface area contributed by atoms with Crippen LogP contribution in [0.1, 0.15) is 9.67 Å². The van der Waals surface area contributed by atoms with Crippen molar-refractivity contribution in [3.05, 3.63) is 50.7 Å². The molecule has 2 rings (SSSR count). The molecule has 0 bridgehead atoms. The van der Waals surface area contributed by atoms with Gasteiger partial charge in [-0.15, -0.1) is 11.3 Å². The number of nitro groups is 1. The molecule has 9 heteroatoms. The minimum Gasteiger partial charge on any atom is -0.506 e. The van der Waals surface area contributed by atoms with Crippen LogP contribution in [-0.2, 0) is 0 Å². The number of anilines is 1. The monoisotopic (exact) mass is 323 g/mol. The molecule has 1 amide bonds. The number of nitrogens with one attached hydrogen (secondary N) is 2. The Morgan fingerprint density at radius 1 is 1.38 bits per heavy atom. The second-order valence-corrected chi connectivity index (χ2v) is 5.20. The third-order valence-electron chi connectivity index (χ3n) is 2.41. The molecular weight excluding hydrogens is 314 g/mol. The zero-order chi connectivity index (χ0) is 15.4. The Labute approximate surface area is 128 Å². The molecule has 0 aliphatic rings. The second kappa shape index (κ2) is 6.29. The lowest BCUT2D eigenvalue weighted by atomic mass is 10.2. The maximum atomic E-state index is 11.8. The number of nitro benzene ring substituents is 1. The van der Waals surface area contributed by atoms with E-state index in [1.165, 1.54) is 23.5 Å². The van der Waals surface area contributed by atoms with E-state index in [-0.39, 0.29) is 28.1 Å². The first-order valence-corrected chi connectivity index (χ1v) is 6.89. The van der Waals surface area contributed by atoms with Crippen LogP contribution < -0.4 is 10.6 Å². The van der Waals surface area contributed by atoms with Gasteiger partial charge in [0.1, 0.15) is 5.75 Å². The van der Waals surface area contributed by atoms with E-state index < -0.39 is 4.92 Å². The first-order valence-electron chi connectivity index (χ1n) is 5.60. The summed E-state index contributed by atoms with van der Waals surface area (Å²) in [6.07, 6.45) is 0. The van der Waals surface area contributed by atoms with E-state index in [0.29, 0.717) is 4.88 Å². The molecule has 108 valence electrons. The van der Waals surface area contributed by atoms with Gasteiger partial charge in [0, 0.05) is 6.07 Å². The van der Waals surface area contributed by atoms with E-state index >= 15 is 0 Å². The standard InChI is InChI=1S/C12H9N3O4S2/c16-9-6-7(15(18)19)3-4-8(9)13-12(20)14-11(17)10-2-1-5-21-10/h1-6,16H,(H2,13,14,17,20). The minimum absolute atomic E-state index is 0.0162. The number of benzene rings is 1. The van der Waals surface area contributed by atoms with Crippen molar-refractivity contribution in [3.63, 3.8) is 0 Å². The molecule has 0 unspecified atom stereocenters. The molecule has 0 saturated heterocycles. The maximum absolute atomic E-state index is 11.8. The molecule has 1 aromatic heterocycles. The molecule has 0 aliphatic heterocycles. The SMILES string of the molecule is O=C(NC(=S)Nc1ccc([N+](=O)[O-])cc1O)c1cccs1. The van der Waals surface area contributed by atoms with Gasteiger partial charge in [-0.2, -0.15) is 0 Å². The largest absolute Gasteiger partial charge is 0.506 e. The van der Waals surface area contributed by atoms with Crippen LogP contribution in [0.2, 0.25) is 0 Å². The summed E-state index contributed by atoms with van der Waals surface area (Å²) in [5, 5.41) is 27.0. The summed E-state index contributed by atoms with van der Waals surface area (Å²) in [5.74, 6) is -0.708. The minimum atomic E-state index is -0.625. The quantitative estimate of drug-likeness (QED) is 0.347. The van der Waals surface area contributed by atoms with E-state index in [9.17, 15) is 20.0 Å². The molecule has 1 heterocycles. The maximum Gasteiger partial charge on any atom is 0.273 e. The third-order valence-corrected chi connectivity index (χ3v) is 3.49. The molecule has 0 radical (unpaired) electrons. The molecule has 0 saturated carbocycles. The van der Waals surface area contributed by atoms with Crippen LogP contribution >= 0.6 is 23.6 Å². The number of phenolic OH excluding ortho intramolecular Hbond substituents is 1. The number of amides is 1. The summed E-state index contributed by atoms with van der Waals surface area (Å²) in [6.45, 7) is 0. The van der Waals surface area contributed by atoms with Gasteiger partial charge in [0.15, 0.2) is 5.11 Å². The summed E-state index contributed by atoms with van der Waals surface area (Å²) < 4.78 is 0. The van der Waals surface area contributed by atoms with Crippen LogP contribution in [0.3, 0.4) is 0 Å². The first kappa shape index (κ1) is 14.9. The summed E-state index contributed by atoms with van der Waals surface area (Å²) >= 11 is 6.21. The Morgan fingerprint density at radius 3 is 2.71 bits per heavy atom. The average Bonchev–Trinajstić information content (AvgIpc) is 2.94. The predicted molar refractivity (Wildman–Crippen MR) is 82.8 cm³/mol. The number of carbonyl (C=O) groups is 1. The number of hydrogen-bond acceptors (Lipinski definition) is 6. The highest BCUT2D eigenvalue weighted by Gasteiger charge is 2.13. The highest BCUT2D eigenvalue weighted by Crippen LogP contribution is 2.27. The fourth-order valence-corrected chi connectivity index (χ4v) is 2.29. The fraction of sp³-hybridized carbons (Fsp3) is 0. The number of nitrogens with zero attached hydrogens (tertiary/aromatic N) is 1. The lowest BCUT2D eigenvalue weighted by Gasteiger charge is -2.10. The smallest absolute Gasteiger partial charge is 0.273 e. The summed E-state index contributed by atoms with van der Waals surface area (Å²) in [7, 11) is 0. The van der Waals surface area contributed by atoms with Gasteiger partial charge in [0.25, 0.3) is 11.6 Å². The van der Waals surface area contributed by atoms with Crippen molar-refractivity contribution in [1.82, 2.24) is 5.32 Å². The molecule has 21 heavy (non-hydrogen) atoms. The number of thiocarbonyl (C=S) groups is 1. The van der Waals surface area contributed by atoms with E-state index in [2.05, 4.69) is 10.6 Å². The van der Waals surface area contributed by atoms with Crippen molar-refractivity contribution in [3.8, 4) is 5.75 Å². The lowest BCUT2D eigenvalue weighted by molar-refractivity contribution is -0.384. The zero-order valence-corrected chi connectivity index (χ0v) is 12.0. The summed E-state index contributed by atoms with van der Waals surface area (Å²) in [6, 6.07) is 6.89. The number of carbonyl (C=O) groups excluding carboxylic acids is 1. The molecule has 0 fully saturated rings. The van der Waals surface area contributed by atoms with Crippen molar-refractivity contribution in [1.29, 1.82) is 0 Å². The highest BCUT2D eigenvalue weighted by atomic mass is 32.1. The third kappa shape index (κ3) is 3.74. The Kier molecular flexibility index (Phi) is 4.45. The molecule has 1 aromatic carbocycles. The Bertz CT molecular complexity index is 701. The van der Waals surface area contributed by atoms with Gasteiger partial charge in [0.05, 0.1) is 21.6 Å². The molecule has 7 nitrogen and oxygen atoms in total. The number of rotatable bonds is 3. The molecule has 2 aromatic rings. The van der Waals surface area contributed by atoms with Crippen molar-refractivity contribution < 1.29 is 14.8 Å². The predicted octanol–water partition coefficient (Wildman–Crippen LogP) is 2.49. The lowest BCUT2D eigenvalue weighted by Crippen LogP contribution is -2.33. The molecule has 3 N–H and O–H groups in total. The number of thiophene rings is 1. The van der Waals surface area contributed by atoms with Crippen LogP contribution in [0.5, 0.6) is 5.75 Å². The van der Waals surface area contributed by atoms with Gasteiger partial charge < -0.3 is 10.4 Å². The second-order valence-electron chi connectivity index (χ2n) is 3.84. The van der Waals surface area contributed by atoms with Crippen LogP contribution in [0.25, 0.3) is 0 Å². The average molecular weight is 323 g/mol. The molecular formula is C12H9N3O4S2. The van der Waals surface area contributed by atoms with Gasteiger partial charge in [-0.3, -0.25) is 20.2 Å². The normalized spacial score (nSPS) is 9.90. The van der Waals surface area contributed by atoms with Crippen LogP contribution in [0.4, 0.5) is 11.4 Å². The molecule has 0 spiro atoms. The van der Waals surface area contributed by atoms with Gasteiger partial charge >= 0.3 is 0 Å². The van der Waals surface area contributed by atoms with Crippen molar-refractivity contribution >= 4 is 45.9 Å². The number of hydrogen-bond donors (Lipinski definition) is 3. The topological polar surface area (TPSA) is 104 Å². The van der Waals surface area contributed by atoms with Crippen molar-refractivity contribution in [2.24, 2.45) is 0 Å². The Hall–Kier alpha value is -2.52. The Balaban J connectivity index is 2.03. The summed E-state index contributed by atoms with van der Waals surface area (Å²) in [4.78, 5) is 22.2. The summed E-state index contributed by atoms with van der Waals surface area (Å²) in [5.41, 5.74) is -0.0799.